The maximum Gasteiger partial charge on any atom is 0.255 e. The van der Waals surface area contributed by atoms with Crippen molar-refractivity contribution in [3.63, 3.8) is 0 Å². The molecule has 7 aromatic rings. The number of carbonyl (C=O) groups is 3. The number of para-hydroxylation sites is 3. The molecule has 0 saturated heterocycles. The third-order valence-corrected chi connectivity index (χ3v) is 10.2. The predicted octanol–water partition coefficient (Wildman–Crippen LogP) is 8.92. The van der Waals surface area contributed by atoms with Crippen LogP contribution in [0.2, 0.25) is 0 Å². The Labute approximate surface area is 347 Å². The molecule has 0 unspecified atom stereocenters. The summed E-state index contributed by atoms with van der Waals surface area (Å²) >= 11 is 0. The molecule has 0 aliphatic heterocycles. The Kier molecular flexibility index (Phi) is 13.1. The zero-order valence-electron chi connectivity index (χ0n) is 33.5. The van der Waals surface area contributed by atoms with Crippen molar-refractivity contribution in [2.45, 2.75) is 60.2 Å². The summed E-state index contributed by atoms with van der Waals surface area (Å²) in [5, 5.41) is 8.69. The molecule has 3 amide bonds. The van der Waals surface area contributed by atoms with Crippen LogP contribution in [0.25, 0.3) is 0 Å². The molecule has 0 bridgehead atoms. The van der Waals surface area contributed by atoms with Gasteiger partial charge in [0.15, 0.2) is 0 Å². The van der Waals surface area contributed by atoms with E-state index >= 15 is 0 Å². The lowest BCUT2D eigenvalue weighted by Crippen LogP contribution is -2.23. The van der Waals surface area contributed by atoms with E-state index < -0.39 is 0 Å². The standard InChI is InChI=1S/C48H45N3O9/c1-31-40(28-58-43-19-7-4-16-37(43)46(52)49-25-34-13-10-22-55-34)32(2)42(30-60-45-21-9-6-18-39(45)48(54)51-27-36-15-12-24-57-36)33(3)41(31)29-59-44-20-8-5-17-38(44)47(53)50-26-35-14-11-23-56-35/h4-24H,25-30H2,1-3H3,(H,49,52)(H,50,53)(H,51,54). The van der Waals surface area contributed by atoms with Gasteiger partial charge in [0.2, 0.25) is 0 Å². The Bertz CT molecular complexity index is 2240. The molecular weight excluding hydrogens is 763 g/mol. The van der Waals surface area contributed by atoms with E-state index in [0.29, 0.717) is 51.2 Å². The van der Waals surface area contributed by atoms with Gasteiger partial charge in [0.1, 0.15) is 54.3 Å². The normalized spacial score (nSPS) is 10.8. The molecule has 3 heterocycles. The lowest BCUT2D eigenvalue weighted by molar-refractivity contribution is 0.0935. The van der Waals surface area contributed by atoms with Crippen LogP contribution in [-0.4, -0.2) is 17.7 Å². The summed E-state index contributed by atoms with van der Waals surface area (Å²) in [4.78, 5) is 40.0. The maximum absolute atomic E-state index is 13.3. The molecule has 0 spiro atoms. The van der Waals surface area contributed by atoms with Crippen molar-refractivity contribution in [3.8, 4) is 17.2 Å². The van der Waals surface area contributed by atoms with Crippen molar-refractivity contribution in [2.75, 3.05) is 0 Å². The second-order valence-electron chi connectivity index (χ2n) is 14.0. The highest BCUT2D eigenvalue weighted by Gasteiger charge is 2.22. The number of ether oxygens (including phenoxy) is 3. The van der Waals surface area contributed by atoms with Gasteiger partial charge in [-0.15, -0.1) is 0 Å². The quantitative estimate of drug-likeness (QED) is 0.0771. The van der Waals surface area contributed by atoms with Gasteiger partial charge >= 0.3 is 0 Å². The topological polar surface area (TPSA) is 154 Å². The van der Waals surface area contributed by atoms with E-state index in [1.165, 1.54) is 0 Å². The number of nitrogens with one attached hydrogen (secondary N) is 3. The van der Waals surface area contributed by atoms with E-state index in [-0.39, 0.29) is 57.2 Å². The second kappa shape index (κ2) is 19.3. The van der Waals surface area contributed by atoms with Gasteiger partial charge < -0.3 is 43.4 Å². The van der Waals surface area contributed by atoms with Crippen molar-refractivity contribution < 1.29 is 41.8 Å². The van der Waals surface area contributed by atoms with Crippen LogP contribution in [0, 0.1) is 20.8 Å². The highest BCUT2D eigenvalue weighted by molar-refractivity contribution is 5.98. The fraction of sp³-hybridized carbons (Fsp3) is 0.188. The molecule has 0 atom stereocenters. The Morgan fingerprint density at radius 2 is 0.700 bits per heavy atom. The molecule has 0 radical (unpaired) electrons. The molecule has 0 saturated carbocycles. The summed E-state index contributed by atoms with van der Waals surface area (Å²) in [6.45, 7) is 7.07. The number of hydrogen-bond acceptors (Lipinski definition) is 9. The largest absolute Gasteiger partial charge is 0.488 e. The number of furan rings is 3. The predicted molar refractivity (Wildman–Crippen MR) is 223 cm³/mol. The second-order valence-corrected chi connectivity index (χ2v) is 14.0. The summed E-state index contributed by atoms with van der Waals surface area (Å²) < 4.78 is 35.5. The van der Waals surface area contributed by atoms with Crippen LogP contribution in [0.5, 0.6) is 17.2 Å². The third kappa shape index (κ3) is 9.79. The van der Waals surface area contributed by atoms with Gasteiger partial charge in [0.25, 0.3) is 17.7 Å². The van der Waals surface area contributed by atoms with E-state index in [1.54, 1.807) is 110 Å². The minimum atomic E-state index is -0.304. The smallest absolute Gasteiger partial charge is 0.255 e. The molecule has 0 aliphatic rings. The molecule has 12 heteroatoms. The van der Waals surface area contributed by atoms with Gasteiger partial charge in [-0.1, -0.05) is 36.4 Å². The monoisotopic (exact) mass is 807 g/mol. The van der Waals surface area contributed by atoms with Crippen LogP contribution < -0.4 is 30.2 Å². The van der Waals surface area contributed by atoms with Gasteiger partial charge in [-0.05, 0) is 127 Å². The third-order valence-electron chi connectivity index (χ3n) is 10.2. The number of amides is 3. The van der Waals surface area contributed by atoms with Gasteiger partial charge in [0.05, 0.1) is 55.1 Å². The Morgan fingerprint density at radius 3 is 0.967 bits per heavy atom. The van der Waals surface area contributed by atoms with Crippen molar-refractivity contribution in [2.24, 2.45) is 0 Å². The van der Waals surface area contributed by atoms with Crippen molar-refractivity contribution in [1.29, 1.82) is 0 Å². The average molecular weight is 808 g/mol. The Morgan fingerprint density at radius 1 is 0.417 bits per heavy atom. The zero-order chi connectivity index (χ0) is 41.8. The van der Waals surface area contributed by atoms with Crippen LogP contribution in [0.3, 0.4) is 0 Å². The van der Waals surface area contributed by atoms with E-state index in [9.17, 15) is 14.4 Å². The molecule has 3 N–H and O–H groups in total. The molecule has 0 fully saturated rings. The van der Waals surface area contributed by atoms with Crippen LogP contribution in [-0.2, 0) is 39.5 Å². The lowest BCUT2D eigenvalue weighted by Gasteiger charge is -2.24. The number of benzene rings is 4. The van der Waals surface area contributed by atoms with Crippen LogP contribution >= 0.6 is 0 Å². The van der Waals surface area contributed by atoms with Gasteiger partial charge in [-0.25, -0.2) is 0 Å². The van der Waals surface area contributed by atoms with Gasteiger partial charge in [-0.2, -0.15) is 0 Å². The molecule has 4 aromatic carbocycles. The summed E-state index contributed by atoms with van der Waals surface area (Å²) in [7, 11) is 0. The van der Waals surface area contributed by atoms with Crippen LogP contribution in [0.1, 0.15) is 81.7 Å². The fourth-order valence-corrected chi connectivity index (χ4v) is 6.86. The number of rotatable bonds is 18. The first kappa shape index (κ1) is 40.7. The summed E-state index contributed by atoms with van der Waals surface area (Å²) in [6.07, 6.45) is 4.67. The molecule has 3 aromatic heterocycles. The minimum absolute atomic E-state index is 0.123. The van der Waals surface area contributed by atoms with Crippen LogP contribution in [0.15, 0.2) is 141 Å². The molecular formula is C48H45N3O9. The van der Waals surface area contributed by atoms with Crippen molar-refractivity contribution >= 4 is 17.7 Å². The van der Waals surface area contributed by atoms with E-state index in [4.69, 9.17) is 27.5 Å². The number of carbonyl (C=O) groups excluding carboxylic acids is 3. The number of hydrogen-bond donors (Lipinski definition) is 3. The summed E-state index contributed by atoms with van der Waals surface area (Å²) in [5.41, 5.74) is 6.52. The van der Waals surface area contributed by atoms with Crippen molar-refractivity contribution in [1.82, 2.24) is 16.0 Å². The minimum Gasteiger partial charge on any atom is -0.488 e. The van der Waals surface area contributed by atoms with Gasteiger partial charge in [-0.3, -0.25) is 14.4 Å². The SMILES string of the molecule is Cc1c(COc2ccccc2C(=O)NCc2ccco2)c(C)c(COc2ccccc2C(=O)NCc2ccco2)c(C)c1COc1ccccc1C(=O)NCc1ccco1. The molecule has 60 heavy (non-hydrogen) atoms. The lowest BCUT2D eigenvalue weighted by atomic mass is 9.89. The fourth-order valence-electron chi connectivity index (χ4n) is 6.86. The van der Waals surface area contributed by atoms with E-state index in [1.807, 2.05) is 39.0 Å². The molecule has 0 aliphatic carbocycles. The zero-order valence-corrected chi connectivity index (χ0v) is 33.5. The first-order chi connectivity index (χ1) is 29.3. The molecule has 306 valence electrons. The van der Waals surface area contributed by atoms with E-state index in [0.717, 1.165) is 33.4 Å². The average Bonchev–Trinajstić information content (AvgIpc) is 4.10. The summed E-state index contributed by atoms with van der Waals surface area (Å²) in [6, 6.07) is 31.9. The first-order valence-corrected chi connectivity index (χ1v) is 19.4. The van der Waals surface area contributed by atoms with Gasteiger partial charge in [0, 0.05) is 0 Å². The first-order valence-electron chi connectivity index (χ1n) is 19.4. The Hall–Kier alpha value is -7.47. The molecule has 12 nitrogen and oxygen atoms in total. The summed E-state index contributed by atoms with van der Waals surface area (Å²) in [5.74, 6) is 2.21. The highest BCUT2D eigenvalue weighted by Crippen LogP contribution is 2.32. The van der Waals surface area contributed by atoms with Crippen molar-refractivity contribution in [3.05, 3.63) is 195 Å². The Balaban J connectivity index is 1.16. The maximum atomic E-state index is 13.3. The van der Waals surface area contributed by atoms with Crippen LogP contribution in [0.4, 0.5) is 0 Å². The van der Waals surface area contributed by atoms with E-state index in [2.05, 4.69) is 16.0 Å². The molecule has 7 rings (SSSR count). The highest BCUT2D eigenvalue weighted by atomic mass is 16.5.